The molecule has 0 saturated carbocycles. The van der Waals surface area contributed by atoms with Gasteiger partial charge in [-0.25, -0.2) is 9.97 Å². The summed E-state index contributed by atoms with van der Waals surface area (Å²) < 4.78 is 5.11. The summed E-state index contributed by atoms with van der Waals surface area (Å²) in [4.78, 5) is 9.38. The lowest BCUT2D eigenvalue weighted by Gasteiger charge is -2.12. The molecule has 1 aromatic heterocycles. The maximum Gasteiger partial charge on any atom is 0.163 e. The second-order valence-electron chi connectivity index (χ2n) is 6.38. The van der Waals surface area contributed by atoms with E-state index < -0.39 is 0 Å². The fourth-order valence-electron chi connectivity index (χ4n) is 2.77. The zero-order valence-electron chi connectivity index (χ0n) is 15.9. The molecule has 0 aliphatic carbocycles. The van der Waals surface area contributed by atoms with Crippen molar-refractivity contribution in [1.29, 1.82) is 0 Å². The Bertz CT molecular complexity index is 852. The Balaban J connectivity index is 1.79. The van der Waals surface area contributed by atoms with Crippen LogP contribution in [0, 0.1) is 6.92 Å². The van der Waals surface area contributed by atoms with Crippen LogP contribution in [0.5, 0.6) is 0 Å². The molecule has 2 N–H and O–H groups in total. The summed E-state index contributed by atoms with van der Waals surface area (Å²) in [5.41, 5.74) is 3.52. The van der Waals surface area contributed by atoms with Crippen molar-refractivity contribution in [3.8, 4) is 11.4 Å². The Morgan fingerprint density at radius 3 is 2.33 bits per heavy atom. The molecule has 0 radical (unpaired) electrons. The van der Waals surface area contributed by atoms with Crippen molar-refractivity contribution in [2.75, 3.05) is 30.9 Å². The second kappa shape index (κ2) is 9.69. The van der Waals surface area contributed by atoms with Gasteiger partial charge in [0.2, 0.25) is 0 Å². The van der Waals surface area contributed by atoms with Gasteiger partial charge >= 0.3 is 0 Å². The molecule has 140 valence electrons. The Morgan fingerprint density at radius 2 is 1.59 bits per heavy atom. The zero-order chi connectivity index (χ0) is 18.9. The zero-order valence-corrected chi connectivity index (χ0v) is 15.9. The van der Waals surface area contributed by atoms with Gasteiger partial charge in [0, 0.05) is 38.4 Å². The first-order chi connectivity index (χ1) is 13.3. The van der Waals surface area contributed by atoms with E-state index in [9.17, 15) is 0 Å². The van der Waals surface area contributed by atoms with Gasteiger partial charge in [0.15, 0.2) is 5.82 Å². The number of hydrogen-bond donors (Lipinski definition) is 2. The van der Waals surface area contributed by atoms with Crippen LogP contribution in [0.1, 0.15) is 17.5 Å². The third-order valence-corrected chi connectivity index (χ3v) is 4.31. The fraction of sp³-hybridized carbons (Fsp3) is 0.273. The summed E-state index contributed by atoms with van der Waals surface area (Å²) in [6.45, 7) is 4.37. The van der Waals surface area contributed by atoms with Crippen molar-refractivity contribution in [3.05, 3.63) is 71.8 Å². The van der Waals surface area contributed by atoms with Gasteiger partial charge in [0.1, 0.15) is 11.6 Å². The van der Waals surface area contributed by atoms with E-state index in [1.165, 1.54) is 11.1 Å². The van der Waals surface area contributed by atoms with E-state index in [2.05, 4.69) is 46.8 Å². The van der Waals surface area contributed by atoms with Gasteiger partial charge in [-0.2, -0.15) is 0 Å². The van der Waals surface area contributed by atoms with Gasteiger partial charge in [-0.1, -0.05) is 54.6 Å². The van der Waals surface area contributed by atoms with E-state index in [4.69, 9.17) is 9.72 Å². The monoisotopic (exact) mass is 362 g/mol. The number of benzene rings is 2. The van der Waals surface area contributed by atoms with Gasteiger partial charge in [-0.15, -0.1) is 0 Å². The Morgan fingerprint density at radius 1 is 0.889 bits per heavy atom. The predicted octanol–water partition coefficient (Wildman–Crippen LogP) is 4.51. The number of nitrogens with zero attached hydrogens (tertiary/aromatic N) is 2. The topological polar surface area (TPSA) is 59.1 Å². The Hall–Kier alpha value is -2.92. The SMILES string of the molecule is COCCCNc1cc(NCc2ccccc2C)nc(-c2ccccc2)n1. The molecule has 0 spiro atoms. The minimum atomic E-state index is 0.708. The van der Waals surface area contributed by atoms with Crippen molar-refractivity contribution >= 4 is 11.6 Å². The van der Waals surface area contributed by atoms with Gasteiger partial charge in [-0.05, 0) is 24.5 Å². The van der Waals surface area contributed by atoms with Crippen LogP contribution in [0.2, 0.25) is 0 Å². The number of anilines is 2. The molecule has 5 heteroatoms. The number of ether oxygens (including phenoxy) is 1. The van der Waals surface area contributed by atoms with E-state index in [1.54, 1.807) is 7.11 Å². The maximum atomic E-state index is 5.11. The maximum absolute atomic E-state index is 5.11. The molecular weight excluding hydrogens is 336 g/mol. The molecule has 0 bridgehead atoms. The van der Waals surface area contributed by atoms with Crippen LogP contribution < -0.4 is 10.6 Å². The van der Waals surface area contributed by atoms with Gasteiger partial charge in [0.25, 0.3) is 0 Å². The third-order valence-electron chi connectivity index (χ3n) is 4.31. The van der Waals surface area contributed by atoms with Gasteiger partial charge < -0.3 is 15.4 Å². The standard InChI is InChI=1S/C22H26N4O/c1-17-9-6-7-12-19(17)16-24-21-15-20(23-13-8-14-27-2)25-22(26-21)18-10-4-3-5-11-18/h3-7,9-12,15H,8,13-14,16H2,1-2H3,(H2,23,24,25,26). The molecule has 0 amide bonds. The molecule has 0 aliphatic rings. The first-order valence-electron chi connectivity index (χ1n) is 9.22. The van der Waals surface area contributed by atoms with Crippen LogP contribution >= 0.6 is 0 Å². The van der Waals surface area contributed by atoms with Gasteiger partial charge in [0.05, 0.1) is 0 Å². The Kier molecular flexibility index (Phi) is 6.77. The molecule has 5 nitrogen and oxygen atoms in total. The molecule has 1 heterocycles. The molecule has 0 aliphatic heterocycles. The van der Waals surface area contributed by atoms with Crippen molar-refractivity contribution in [2.45, 2.75) is 19.9 Å². The van der Waals surface area contributed by atoms with Gasteiger partial charge in [-0.3, -0.25) is 0 Å². The number of hydrogen-bond acceptors (Lipinski definition) is 5. The number of nitrogens with one attached hydrogen (secondary N) is 2. The number of aryl methyl sites for hydroxylation is 1. The summed E-state index contributed by atoms with van der Waals surface area (Å²) in [7, 11) is 1.71. The third kappa shape index (κ3) is 5.53. The smallest absolute Gasteiger partial charge is 0.163 e. The first-order valence-corrected chi connectivity index (χ1v) is 9.22. The normalized spacial score (nSPS) is 10.6. The van der Waals surface area contributed by atoms with Crippen molar-refractivity contribution in [3.63, 3.8) is 0 Å². The summed E-state index contributed by atoms with van der Waals surface area (Å²) in [6.07, 6.45) is 0.924. The summed E-state index contributed by atoms with van der Waals surface area (Å²) in [6, 6.07) is 20.4. The Labute approximate surface area is 160 Å². The number of rotatable bonds is 9. The number of methoxy groups -OCH3 is 1. The highest BCUT2D eigenvalue weighted by atomic mass is 16.5. The summed E-state index contributed by atoms with van der Waals surface area (Å²) in [5.74, 6) is 2.33. The van der Waals surface area contributed by atoms with Crippen LogP contribution in [0.25, 0.3) is 11.4 Å². The van der Waals surface area contributed by atoms with Crippen molar-refractivity contribution in [1.82, 2.24) is 9.97 Å². The van der Waals surface area contributed by atoms with Crippen molar-refractivity contribution < 1.29 is 4.74 Å². The van der Waals surface area contributed by atoms with Crippen LogP contribution in [-0.4, -0.2) is 30.2 Å². The van der Waals surface area contributed by atoms with E-state index in [-0.39, 0.29) is 0 Å². The van der Waals surface area contributed by atoms with Crippen LogP contribution in [0.15, 0.2) is 60.7 Å². The molecule has 0 saturated heterocycles. The van der Waals surface area contributed by atoms with Crippen LogP contribution in [0.3, 0.4) is 0 Å². The molecule has 3 aromatic rings. The quantitative estimate of drug-likeness (QED) is 0.548. The van der Waals surface area contributed by atoms with Crippen molar-refractivity contribution in [2.24, 2.45) is 0 Å². The predicted molar refractivity (Wildman–Crippen MR) is 111 cm³/mol. The highest BCUT2D eigenvalue weighted by Crippen LogP contribution is 2.21. The van der Waals surface area contributed by atoms with Crippen LogP contribution in [0.4, 0.5) is 11.6 Å². The average molecular weight is 362 g/mol. The molecule has 0 atom stereocenters. The summed E-state index contributed by atoms with van der Waals surface area (Å²) in [5, 5.41) is 6.81. The van der Waals surface area contributed by atoms with E-state index in [0.29, 0.717) is 5.82 Å². The van der Waals surface area contributed by atoms with Crippen LogP contribution in [-0.2, 0) is 11.3 Å². The highest BCUT2D eigenvalue weighted by molar-refractivity contribution is 5.61. The first kappa shape index (κ1) is 18.9. The van der Waals surface area contributed by atoms with E-state index in [1.807, 2.05) is 36.4 Å². The van der Waals surface area contributed by atoms with E-state index >= 15 is 0 Å². The fourth-order valence-corrected chi connectivity index (χ4v) is 2.77. The molecule has 2 aromatic carbocycles. The molecule has 0 unspecified atom stereocenters. The number of aromatic nitrogens is 2. The minimum absolute atomic E-state index is 0.708. The lowest BCUT2D eigenvalue weighted by atomic mass is 10.1. The second-order valence-corrected chi connectivity index (χ2v) is 6.38. The molecule has 0 fully saturated rings. The van der Waals surface area contributed by atoms with E-state index in [0.717, 1.165) is 43.3 Å². The minimum Gasteiger partial charge on any atom is -0.385 e. The average Bonchev–Trinajstić information content (AvgIpc) is 2.71. The lowest BCUT2D eigenvalue weighted by Crippen LogP contribution is -2.09. The molecule has 27 heavy (non-hydrogen) atoms. The summed E-state index contributed by atoms with van der Waals surface area (Å²) >= 11 is 0. The highest BCUT2D eigenvalue weighted by Gasteiger charge is 2.07. The largest absolute Gasteiger partial charge is 0.385 e. The molecule has 3 rings (SSSR count). The molecular formula is C22H26N4O. The lowest BCUT2D eigenvalue weighted by molar-refractivity contribution is 0.198.